The van der Waals surface area contributed by atoms with Crippen molar-refractivity contribution in [3.05, 3.63) is 0 Å². The molecule has 2 N–H and O–H groups in total. The van der Waals surface area contributed by atoms with Crippen molar-refractivity contribution >= 4 is 17.7 Å². The number of carbonyl (C=O) groups excluding carboxylic acids is 1. The fourth-order valence-electron chi connectivity index (χ4n) is 2.52. The van der Waals surface area contributed by atoms with Gasteiger partial charge in [0.25, 0.3) is 0 Å². The van der Waals surface area contributed by atoms with E-state index in [0.29, 0.717) is 6.42 Å². The Morgan fingerprint density at radius 3 is 2.47 bits per heavy atom. The van der Waals surface area contributed by atoms with Crippen molar-refractivity contribution in [3.63, 3.8) is 0 Å². The summed E-state index contributed by atoms with van der Waals surface area (Å²) >= 11 is 1.70. The molecule has 5 heteroatoms. The van der Waals surface area contributed by atoms with Crippen LogP contribution in [0.5, 0.6) is 0 Å². The highest BCUT2D eigenvalue weighted by atomic mass is 32.2. The SMILES string of the molecule is CSCC(CCO)NC(=O)C(C)N1CCCCCC1. The normalized spacial score (nSPS) is 20.6. The minimum Gasteiger partial charge on any atom is -0.396 e. The summed E-state index contributed by atoms with van der Waals surface area (Å²) in [5, 5.41) is 12.1. The second-order valence-electron chi connectivity index (χ2n) is 5.30. The number of aliphatic hydroxyl groups is 1. The number of amides is 1. The van der Waals surface area contributed by atoms with E-state index >= 15 is 0 Å². The molecule has 1 amide bonds. The maximum atomic E-state index is 12.3. The molecule has 1 saturated heterocycles. The summed E-state index contributed by atoms with van der Waals surface area (Å²) in [6.45, 7) is 4.18. The predicted octanol–water partition coefficient (Wildman–Crippen LogP) is 1.48. The van der Waals surface area contributed by atoms with Gasteiger partial charge in [0, 0.05) is 18.4 Å². The van der Waals surface area contributed by atoms with Crippen molar-refractivity contribution < 1.29 is 9.90 Å². The number of aliphatic hydroxyl groups excluding tert-OH is 1. The molecule has 2 unspecified atom stereocenters. The van der Waals surface area contributed by atoms with Crippen LogP contribution in [-0.4, -0.2) is 59.7 Å². The van der Waals surface area contributed by atoms with E-state index in [1.165, 1.54) is 25.7 Å². The van der Waals surface area contributed by atoms with Gasteiger partial charge < -0.3 is 10.4 Å². The Morgan fingerprint density at radius 2 is 1.95 bits per heavy atom. The van der Waals surface area contributed by atoms with Crippen molar-refractivity contribution in [3.8, 4) is 0 Å². The first kappa shape index (κ1) is 16.8. The summed E-state index contributed by atoms with van der Waals surface area (Å²) < 4.78 is 0. The van der Waals surface area contributed by atoms with Crippen molar-refractivity contribution in [2.75, 3.05) is 31.7 Å². The first-order chi connectivity index (χ1) is 9.19. The number of hydrogen-bond donors (Lipinski definition) is 2. The summed E-state index contributed by atoms with van der Waals surface area (Å²) in [4.78, 5) is 14.6. The lowest BCUT2D eigenvalue weighted by molar-refractivity contribution is -0.126. The Hall–Kier alpha value is -0.260. The van der Waals surface area contributed by atoms with Gasteiger partial charge in [0.15, 0.2) is 0 Å². The third-order valence-corrected chi connectivity index (χ3v) is 4.50. The highest BCUT2D eigenvalue weighted by molar-refractivity contribution is 7.98. The molecule has 0 radical (unpaired) electrons. The minimum absolute atomic E-state index is 0.0545. The lowest BCUT2D eigenvalue weighted by Crippen LogP contribution is -2.49. The van der Waals surface area contributed by atoms with Crippen molar-refractivity contribution in [2.24, 2.45) is 0 Å². The molecule has 0 aromatic carbocycles. The van der Waals surface area contributed by atoms with E-state index in [1.807, 2.05) is 13.2 Å². The summed E-state index contributed by atoms with van der Waals surface area (Å²) in [7, 11) is 0. The maximum Gasteiger partial charge on any atom is 0.237 e. The van der Waals surface area contributed by atoms with E-state index in [4.69, 9.17) is 5.11 Å². The van der Waals surface area contributed by atoms with Crippen LogP contribution < -0.4 is 5.32 Å². The zero-order valence-corrected chi connectivity index (χ0v) is 13.0. The van der Waals surface area contributed by atoms with Crippen LogP contribution in [0, 0.1) is 0 Å². The highest BCUT2D eigenvalue weighted by Gasteiger charge is 2.23. The number of nitrogens with one attached hydrogen (secondary N) is 1. The van der Waals surface area contributed by atoms with Crippen LogP contribution in [0.25, 0.3) is 0 Å². The van der Waals surface area contributed by atoms with Gasteiger partial charge >= 0.3 is 0 Å². The van der Waals surface area contributed by atoms with Gasteiger partial charge in [-0.15, -0.1) is 0 Å². The van der Waals surface area contributed by atoms with Crippen LogP contribution in [0.3, 0.4) is 0 Å². The standard InChI is InChI=1S/C14H28N2O2S/c1-12(16-8-5-3-4-6-9-16)14(18)15-13(7-10-17)11-19-2/h12-13,17H,3-11H2,1-2H3,(H,15,18). The van der Waals surface area contributed by atoms with Crippen LogP contribution in [0.2, 0.25) is 0 Å². The molecule has 1 fully saturated rings. The summed E-state index contributed by atoms with van der Waals surface area (Å²) in [6, 6.07) is 0.0306. The molecular weight excluding hydrogens is 260 g/mol. The van der Waals surface area contributed by atoms with Gasteiger partial charge in [0.2, 0.25) is 5.91 Å². The smallest absolute Gasteiger partial charge is 0.237 e. The lowest BCUT2D eigenvalue weighted by Gasteiger charge is -2.28. The second-order valence-corrected chi connectivity index (χ2v) is 6.21. The second kappa shape index (κ2) is 9.61. The Labute approximate surface area is 121 Å². The predicted molar refractivity (Wildman–Crippen MR) is 81.5 cm³/mol. The fourth-order valence-corrected chi connectivity index (χ4v) is 3.18. The Bertz CT molecular complexity index is 250. The van der Waals surface area contributed by atoms with Gasteiger partial charge in [-0.1, -0.05) is 12.8 Å². The van der Waals surface area contributed by atoms with Crippen molar-refractivity contribution in [1.29, 1.82) is 0 Å². The molecule has 0 aromatic rings. The third-order valence-electron chi connectivity index (χ3n) is 3.76. The van der Waals surface area contributed by atoms with Crippen LogP contribution in [0.4, 0.5) is 0 Å². The van der Waals surface area contributed by atoms with Crippen LogP contribution in [-0.2, 0) is 4.79 Å². The Balaban J connectivity index is 2.44. The topological polar surface area (TPSA) is 52.6 Å². The van der Waals surface area contributed by atoms with Crippen molar-refractivity contribution in [1.82, 2.24) is 10.2 Å². The van der Waals surface area contributed by atoms with Gasteiger partial charge in [-0.2, -0.15) is 11.8 Å². The lowest BCUT2D eigenvalue weighted by atomic mass is 10.2. The molecule has 4 nitrogen and oxygen atoms in total. The van der Waals surface area contributed by atoms with Gasteiger partial charge in [-0.25, -0.2) is 0 Å². The number of carbonyl (C=O) groups is 1. The largest absolute Gasteiger partial charge is 0.396 e. The molecule has 0 saturated carbocycles. The summed E-state index contributed by atoms with van der Waals surface area (Å²) in [5.74, 6) is 0.966. The van der Waals surface area contributed by atoms with E-state index < -0.39 is 0 Å². The first-order valence-electron chi connectivity index (χ1n) is 7.33. The first-order valence-corrected chi connectivity index (χ1v) is 8.72. The zero-order chi connectivity index (χ0) is 14.1. The number of likely N-dealkylation sites (tertiary alicyclic amines) is 1. The molecule has 0 aromatic heterocycles. The number of nitrogens with zero attached hydrogens (tertiary/aromatic N) is 1. The van der Waals surface area contributed by atoms with Gasteiger partial charge in [-0.3, -0.25) is 9.69 Å². The summed E-state index contributed by atoms with van der Waals surface area (Å²) in [6.07, 6.45) is 7.62. The van der Waals surface area contributed by atoms with Gasteiger partial charge in [0.05, 0.1) is 6.04 Å². The van der Waals surface area contributed by atoms with Crippen LogP contribution in [0.15, 0.2) is 0 Å². The molecule has 0 spiro atoms. The summed E-state index contributed by atoms with van der Waals surface area (Å²) in [5.41, 5.74) is 0. The molecule has 112 valence electrons. The minimum atomic E-state index is -0.0545. The molecule has 0 aliphatic carbocycles. The molecule has 19 heavy (non-hydrogen) atoms. The van der Waals surface area contributed by atoms with E-state index in [0.717, 1.165) is 18.8 Å². The maximum absolute atomic E-state index is 12.3. The zero-order valence-electron chi connectivity index (χ0n) is 12.2. The van der Waals surface area contributed by atoms with E-state index in [1.54, 1.807) is 11.8 Å². The van der Waals surface area contributed by atoms with Crippen LogP contribution in [0.1, 0.15) is 39.0 Å². The average molecular weight is 288 g/mol. The third kappa shape index (κ3) is 6.15. The van der Waals surface area contributed by atoms with E-state index in [9.17, 15) is 4.79 Å². The molecule has 1 rings (SSSR count). The monoisotopic (exact) mass is 288 g/mol. The number of rotatable bonds is 7. The number of thioether (sulfide) groups is 1. The quantitative estimate of drug-likeness (QED) is 0.745. The highest BCUT2D eigenvalue weighted by Crippen LogP contribution is 2.13. The van der Waals surface area contributed by atoms with Crippen molar-refractivity contribution in [2.45, 2.75) is 51.1 Å². The Morgan fingerprint density at radius 1 is 1.32 bits per heavy atom. The van der Waals surface area contributed by atoms with Crippen LogP contribution >= 0.6 is 11.8 Å². The molecule has 1 aliphatic rings. The van der Waals surface area contributed by atoms with Gasteiger partial charge in [0.1, 0.15) is 0 Å². The fraction of sp³-hybridized carbons (Fsp3) is 0.929. The van der Waals surface area contributed by atoms with E-state index in [-0.39, 0.29) is 24.6 Å². The molecule has 2 atom stereocenters. The molecular formula is C14H28N2O2S. The molecule has 0 bridgehead atoms. The molecule has 1 aliphatic heterocycles. The number of hydrogen-bond acceptors (Lipinski definition) is 4. The molecule has 1 heterocycles. The van der Waals surface area contributed by atoms with E-state index in [2.05, 4.69) is 10.2 Å². The Kier molecular flexibility index (Phi) is 8.50. The average Bonchev–Trinajstić information content (AvgIpc) is 2.67. The van der Waals surface area contributed by atoms with Gasteiger partial charge in [-0.05, 0) is 45.5 Å².